The number of piperazine rings is 1. The number of carbonyl (C=O) groups excluding carboxylic acids is 1. The fourth-order valence-electron chi connectivity index (χ4n) is 6.20. The molecule has 218 valence electrons. The molecule has 1 aromatic rings. The summed E-state index contributed by atoms with van der Waals surface area (Å²) >= 11 is 3.50. The summed E-state index contributed by atoms with van der Waals surface area (Å²) in [5.74, 6) is 1.12. The molecule has 0 saturated carbocycles. The van der Waals surface area contributed by atoms with Gasteiger partial charge in [-0.15, -0.1) is 0 Å². The number of hydrogen-bond acceptors (Lipinski definition) is 8. The van der Waals surface area contributed by atoms with Crippen molar-refractivity contribution < 1.29 is 9.53 Å². The first-order valence-corrected chi connectivity index (χ1v) is 16.8. The SMILES string of the molecule is CSN1CC2(CCN(C(=O)C(COCc3ccccc3)NSCCN3CCN(C)CC3)CC2)C2=C1CC=CC=C2. The van der Waals surface area contributed by atoms with Crippen LogP contribution in [0.25, 0.3) is 0 Å². The maximum absolute atomic E-state index is 13.8. The molecule has 0 radical (unpaired) electrons. The second kappa shape index (κ2) is 14.4. The van der Waals surface area contributed by atoms with Gasteiger partial charge in [0.15, 0.2) is 0 Å². The van der Waals surface area contributed by atoms with Gasteiger partial charge in [-0.3, -0.25) is 9.69 Å². The van der Waals surface area contributed by atoms with E-state index >= 15 is 0 Å². The molecule has 4 aliphatic rings. The van der Waals surface area contributed by atoms with E-state index < -0.39 is 0 Å². The van der Waals surface area contributed by atoms with Crippen molar-refractivity contribution in [3.8, 4) is 0 Å². The molecule has 1 spiro atoms. The van der Waals surface area contributed by atoms with E-state index in [1.54, 1.807) is 11.9 Å². The summed E-state index contributed by atoms with van der Waals surface area (Å²) in [6, 6.07) is 9.86. The lowest BCUT2D eigenvalue weighted by molar-refractivity contribution is -0.136. The molecule has 1 aliphatic carbocycles. The highest BCUT2D eigenvalue weighted by molar-refractivity contribution is 7.97. The Kier molecular flexibility index (Phi) is 10.7. The third-order valence-electron chi connectivity index (χ3n) is 8.73. The maximum atomic E-state index is 13.8. The number of rotatable bonds is 11. The number of benzene rings is 1. The van der Waals surface area contributed by atoms with Crippen LogP contribution in [0.3, 0.4) is 0 Å². The van der Waals surface area contributed by atoms with Crippen LogP contribution in [-0.2, 0) is 16.1 Å². The number of likely N-dealkylation sites (tertiary alicyclic amines) is 1. The topological polar surface area (TPSA) is 51.3 Å². The van der Waals surface area contributed by atoms with Gasteiger partial charge in [-0.25, -0.2) is 4.72 Å². The van der Waals surface area contributed by atoms with Crippen LogP contribution in [0.2, 0.25) is 0 Å². The highest BCUT2D eigenvalue weighted by Crippen LogP contribution is 2.50. The molecule has 9 heteroatoms. The van der Waals surface area contributed by atoms with Crippen molar-refractivity contribution in [2.45, 2.75) is 31.9 Å². The Hall–Kier alpha value is -1.75. The largest absolute Gasteiger partial charge is 0.375 e. The first kappa shape index (κ1) is 29.7. The predicted molar refractivity (Wildman–Crippen MR) is 168 cm³/mol. The number of allylic oxidation sites excluding steroid dienone is 4. The number of piperidine rings is 1. The summed E-state index contributed by atoms with van der Waals surface area (Å²) in [5, 5.41) is 0. The van der Waals surface area contributed by atoms with Gasteiger partial charge in [0.1, 0.15) is 6.04 Å². The molecule has 5 rings (SSSR count). The van der Waals surface area contributed by atoms with Gasteiger partial charge in [0.05, 0.1) is 13.2 Å². The summed E-state index contributed by atoms with van der Waals surface area (Å²) in [7, 11) is 2.19. The zero-order chi connectivity index (χ0) is 27.8. The Balaban J connectivity index is 1.17. The normalized spacial score (nSPS) is 22.1. The predicted octanol–water partition coefficient (Wildman–Crippen LogP) is 4.03. The number of likely N-dealkylation sites (N-methyl/N-ethyl adjacent to an activating group) is 1. The molecule has 7 nitrogen and oxygen atoms in total. The van der Waals surface area contributed by atoms with Crippen LogP contribution in [0.5, 0.6) is 0 Å². The number of fused-ring (bicyclic) bond motifs is 1. The summed E-state index contributed by atoms with van der Waals surface area (Å²) in [4.78, 5) is 20.8. The number of nitrogens with one attached hydrogen (secondary N) is 1. The number of ether oxygens (including phenoxy) is 1. The highest BCUT2D eigenvalue weighted by atomic mass is 32.2. The summed E-state index contributed by atoms with van der Waals surface area (Å²) < 4.78 is 12.1. The molecule has 40 heavy (non-hydrogen) atoms. The number of carbonyl (C=O) groups is 1. The standard InChI is InChI=1S/C31H45N5O2S2/c1-33-17-19-34(20-18-33)21-22-40-32-28(24-38-23-26-9-5-3-6-10-26)30(37)35-15-13-31(14-16-35)25-36(39-2)29-12-8-4-7-11-27(29)31/h3-11,28,32H,12-25H2,1-2H3. The van der Waals surface area contributed by atoms with E-state index in [1.165, 1.54) is 11.3 Å². The van der Waals surface area contributed by atoms with Crippen molar-refractivity contribution in [1.82, 2.24) is 23.7 Å². The van der Waals surface area contributed by atoms with Crippen LogP contribution in [0.4, 0.5) is 0 Å². The van der Waals surface area contributed by atoms with E-state index in [2.05, 4.69) is 73.5 Å². The van der Waals surface area contributed by atoms with Gasteiger partial charge >= 0.3 is 0 Å². The fourth-order valence-corrected chi connectivity index (χ4v) is 7.81. The lowest BCUT2D eigenvalue weighted by atomic mass is 9.73. The van der Waals surface area contributed by atoms with E-state index in [9.17, 15) is 4.79 Å². The quantitative estimate of drug-likeness (QED) is 0.310. The maximum Gasteiger partial charge on any atom is 0.242 e. The van der Waals surface area contributed by atoms with Crippen molar-refractivity contribution in [2.24, 2.45) is 5.41 Å². The molecule has 1 unspecified atom stereocenters. The molecule has 3 heterocycles. The van der Waals surface area contributed by atoms with Crippen LogP contribution in [0.1, 0.15) is 24.8 Å². The Labute approximate surface area is 249 Å². The first-order valence-electron chi connectivity index (χ1n) is 14.7. The summed E-state index contributed by atoms with van der Waals surface area (Å²) in [6.45, 7) is 9.05. The van der Waals surface area contributed by atoms with E-state index in [-0.39, 0.29) is 17.4 Å². The minimum Gasteiger partial charge on any atom is -0.375 e. The minimum atomic E-state index is -0.349. The number of amides is 1. The van der Waals surface area contributed by atoms with E-state index in [0.29, 0.717) is 13.2 Å². The van der Waals surface area contributed by atoms with Crippen LogP contribution < -0.4 is 4.72 Å². The van der Waals surface area contributed by atoms with Gasteiger partial charge in [0.2, 0.25) is 5.91 Å². The van der Waals surface area contributed by atoms with Crippen molar-refractivity contribution in [3.05, 3.63) is 71.5 Å². The zero-order valence-electron chi connectivity index (χ0n) is 24.1. The van der Waals surface area contributed by atoms with Gasteiger partial charge in [-0.2, -0.15) is 0 Å². The molecule has 1 atom stereocenters. The number of nitrogens with zero attached hydrogens (tertiary/aromatic N) is 4. The average molecular weight is 584 g/mol. The Morgan fingerprint density at radius 3 is 2.60 bits per heavy atom. The van der Waals surface area contributed by atoms with Crippen molar-refractivity contribution in [2.75, 3.05) is 78.0 Å². The summed E-state index contributed by atoms with van der Waals surface area (Å²) in [5.41, 5.74) is 4.20. The van der Waals surface area contributed by atoms with E-state index in [4.69, 9.17) is 4.74 Å². The molecular weight excluding hydrogens is 539 g/mol. The second-order valence-corrected chi connectivity index (χ2v) is 13.1. The molecule has 1 amide bonds. The smallest absolute Gasteiger partial charge is 0.242 e. The Morgan fingerprint density at radius 2 is 1.85 bits per heavy atom. The second-order valence-electron chi connectivity index (χ2n) is 11.3. The molecule has 0 bridgehead atoms. The Morgan fingerprint density at radius 1 is 1.07 bits per heavy atom. The minimum absolute atomic E-state index is 0.141. The third-order valence-corrected chi connectivity index (χ3v) is 10.4. The van der Waals surface area contributed by atoms with Gasteiger partial charge in [-0.05, 0) is 31.0 Å². The lowest BCUT2D eigenvalue weighted by Gasteiger charge is -2.41. The zero-order valence-corrected chi connectivity index (χ0v) is 25.7. The molecule has 1 N–H and O–H groups in total. The van der Waals surface area contributed by atoms with Crippen LogP contribution in [0.15, 0.2) is 65.9 Å². The van der Waals surface area contributed by atoms with Gasteiger partial charge < -0.3 is 18.8 Å². The van der Waals surface area contributed by atoms with E-state index in [0.717, 1.165) is 82.9 Å². The molecule has 3 aliphatic heterocycles. The number of hydrogen-bond donors (Lipinski definition) is 1. The molecule has 2 saturated heterocycles. The first-order chi connectivity index (χ1) is 19.6. The monoisotopic (exact) mass is 583 g/mol. The highest BCUT2D eigenvalue weighted by Gasteiger charge is 2.46. The molecule has 1 aromatic carbocycles. The third kappa shape index (κ3) is 7.36. The molecule has 0 aromatic heterocycles. The van der Waals surface area contributed by atoms with Crippen LogP contribution in [-0.4, -0.2) is 109 Å². The van der Waals surface area contributed by atoms with Gasteiger partial charge in [-0.1, -0.05) is 78.5 Å². The molecule has 2 fully saturated rings. The molecular formula is C31H45N5O2S2. The van der Waals surface area contributed by atoms with Crippen molar-refractivity contribution in [1.29, 1.82) is 0 Å². The van der Waals surface area contributed by atoms with Crippen molar-refractivity contribution in [3.63, 3.8) is 0 Å². The van der Waals surface area contributed by atoms with Gasteiger partial charge in [0.25, 0.3) is 0 Å². The van der Waals surface area contributed by atoms with Gasteiger partial charge in [0, 0.05) is 81.9 Å². The van der Waals surface area contributed by atoms with Crippen molar-refractivity contribution >= 4 is 29.8 Å². The Bertz CT molecular complexity index is 1060. The van der Waals surface area contributed by atoms with E-state index in [1.807, 2.05) is 30.1 Å². The summed E-state index contributed by atoms with van der Waals surface area (Å²) in [6.07, 6.45) is 14.1. The fraction of sp³-hybridized carbons (Fsp3) is 0.581. The lowest BCUT2D eigenvalue weighted by Crippen LogP contribution is -2.52. The van der Waals surface area contributed by atoms with Crippen LogP contribution in [0, 0.1) is 5.41 Å². The van der Waals surface area contributed by atoms with Crippen LogP contribution >= 0.6 is 23.9 Å². The average Bonchev–Trinajstić information content (AvgIpc) is 3.11.